The van der Waals surface area contributed by atoms with E-state index in [0.29, 0.717) is 24.7 Å². The molecule has 0 aromatic carbocycles. The molecule has 0 bridgehead atoms. The van der Waals surface area contributed by atoms with Gasteiger partial charge in [-0.15, -0.1) is 0 Å². The number of hydrogen-bond donors (Lipinski definition) is 0. The molecule has 0 amide bonds. The lowest BCUT2D eigenvalue weighted by atomic mass is 9.81. The monoisotopic (exact) mass is 274 g/mol. The average molecular weight is 274 g/mol. The molecule has 2 rings (SSSR count). The largest absolute Gasteiger partial charge is 0.461 e. The number of carbonyl (C=O) groups is 1. The third-order valence-electron chi connectivity index (χ3n) is 3.99. The molecule has 1 aliphatic heterocycles. The highest BCUT2D eigenvalue weighted by Crippen LogP contribution is 2.31. The number of rotatable bonds is 3. The van der Waals surface area contributed by atoms with Crippen molar-refractivity contribution in [2.75, 3.05) is 11.5 Å². The highest BCUT2D eigenvalue weighted by molar-refractivity contribution is 7.91. The first-order valence-corrected chi connectivity index (χ1v) is 8.66. The zero-order valence-corrected chi connectivity index (χ0v) is 11.7. The molecule has 104 valence electrons. The van der Waals surface area contributed by atoms with Gasteiger partial charge in [-0.2, -0.15) is 0 Å². The van der Waals surface area contributed by atoms with Gasteiger partial charge < -0.3 is 4.74 Å². The fourth-order valence-electron chi connectivity index (χ4n) is 3.07. The molecule has 0 aromatic rings. The summed E-state index contributed by atoms with van der Waals surface area (Å²) in [5.74, 6) is 1.09. The Kier molecular flexibility index (Phi) is 4.30. The van der Waals surface area contributed by atoms with Crippen LogP contribution in [0.1, 0.15) is 45.4 Å². The van der Waals surface area contributed by atoms with E-state index >= 15 is 0 Å². The maximum absolute atomic E-state index is 11.8. The van der Waals surface area contributed by atoms with Crippen molar-refractivity contribution in [2.24, 2.45) is 11.8 Å². The summed E-state index contributed by atoms with van der Waals surface area (Å²) in [4.78, 5) is 11.8. The first-order valence-electron chi connectivity index (χ1n) is 6.84. The summed E-state index contributed by atoms with van der Waals surface area (Å²) in [5, 5.41) is 0. The van der Waals surface area contributed by atoms with Gasteiger partial charge in [0.15, 0.2) is 9.84 Å². The summed E-state index contributed by atoms with van der Waals surface area (Å²) in [7, 11) is -2.96. The minimum Gasteiger partial charge on any atom is -0.461 e. The molecule has 0 N–H and O–H groups in total. The van der Waals surface area contributed by atoms with Crippen LogP contribution in [0, 0.1) is 11.8 Å². The van der Waals surface area contributed by atoms with Crippen molar-refractivity contribution in [1.29, 1.82) is 0 Å². The first-order chi connectivity index (χ1) is 8.44. The predicted molar refractivity (Wildman–Crippen MR) is 68.9 cm³/mol. The van der Waals surface area contributed by atoms with Gasteiger partial charge in [-0.05, 0) is 31.1 Å². The molecule has 0 aromatic heterocycles. The molecule has 0 unspecified atom stereocenters. The van der Waals surface area contributed by atoms with Crippen molar-refractivity contribution in [3.05, 3.63) is 0 Å². The first kappa shape index (κ1) is 13.8. The molecule has 3 atom stereocenters. The van der Waals surface area contributed by atoms with Gasteiger partial charge in [0.1, 0.15) is 6.10 Å². The second-order valence-electron chi connectivity index (χ2n) is 5.86. The van der Waals surface area contributed by atoms with Crippen molar-refractivity contribution in [1.82, 2.24) is 0 Å². The topological polar surface area (TPSA) is 60.4 Å². The standard InChI is InChI=1S/C13H22O4S/c1-10-3-2-4-11(7-10)8-13(14)17-12-5-6-18(15,16)9-12/h10-12H,2-9H2,1H3/t10-,11-,12+/m1/s1. The maximum atomic E-state index is 11.8. The van der Waals surface area contributed by atoms with E-state index in [9.17, 15) is 13.2 Å². The fourth-order valence-corrected chi connectivity index (χ4v) is 4.66. The lowest BCUT2D eigenvalue weighted by molar-refractivity contribution is -0.149. The van der Waals surface area contributed by atoms with Crippen LogP contribution in [-0.4, -0.2) is 32.0 Å². The number of hydrogen-bond acceptors (Lipinski definition) is 4. The van der Waals surface area contributed by atoms with E-state index in [2.05, 4.69) is 6.92 Å². The lowest BCUT2D eigenvalue weighted by Gasteiger charge is -2.26. The normalized spacial score (nSPS) is 35.3. The second kappa shape index (κ2) is 5.59. The van der Waals surface area contributed by atoms with Crippen molar-refractivity contribution in [2.45, 2.75) is 51.6 Å². The summed E-state index contributed by atoms with van der Waals surface area (Å²) in [5.41, 5.74) is 0. The van der Waals surface area contributed by atoms with Crippen LogP contribution in [0.3, 0.4) is 0 Å². The molecule has 1 aliphatic carbocycles. The Labute approximate surface area is 109 Å². The van der Waals surface area contributed by atoms with Gasteiger partial charge in [0, 0.05) is 6.42 Å². The Hall–Kier alpha value is -0.580. The Bertz CT molecular complexity index is 401. The molecular weight excluding hydrogens is 252 g/mol. The molecule has 18 heavy (non-hydrogen) atoms. The van der Waals surface area contributed by atoms with Gasteiger partial charge in [-0.1, -0.05) is 19.8 Å². The molecule has 1 saturated carbocycles. The molecule has 0 radical (unpaired) electrons. The minimum atomic E-state index is -2.96. The van der Waals surface area contributed by atoms with Crippen LogP contribution in [0.25, 0.3) is 0 Å². The zero-order valence-electron chi connectivity index (χ0n) is 10.9. The Balaban J connectivity index is 1.75. The summed E-state index contributed by atoms with van der Waals surface area (Å²) in [6.07, 6.45) is 5.17. The Morgan fingerprint density at radius 3 is 2.67 bits per heavy atom. The number of carbonyl (C=O) groups excluding carboxylic acids is 1. The van der Waals surface area contributed by atoms with Crippen molar-refractivity contribution >= 4 is 15.8 Å². The smallest absolute Gasteiger partial charge is 0.306 e. The van der Waals surface area contributed by atoms with E-state index < -0.39 is 15.9 Å². The van der Waals surface area contributed by atoms with Crippen LogP contribution < -0.4 is 0 Å². The second-order valence-corrected chi connectivity index (χ2v) is 8.09. The van der Waals surface area contributed by atoms with Gasteiger partial charge in [0.05, 0.1) is 11.5 Å². The van der Waals surface area contributed by atoms with E-state index in [1.165, 1.54) is 12.8 Å². The Morgan fingerprint density at radius 1 is 1.28 bits per heavy atom. The van der Waals surface area contributed by atoms with Crippen LogP contribution in [0.15, 0.2) is 0 Å². The summed E-state index contributed by atoms with van der Waals surface area (Å²) >= 11 is 0. The molecular formula is C13H22O4S. The van der Waals surface area contributed by atoms with Crippen molar-refractivity contribution in [3.8, 4) is 0 Å². The molecule has 1 heterocycles. The summed E-state index contributed by atoms with van der Waals surface area (Å²) in [6.45, 7) is 2.22. The molecule has 5 heteroatoms. The highest BCUT2D eigenvalue weighted by Gasteiger charge is 2.31. The molecule has 2 aliphatic rings. The van der Waals surface area contributed by atoms with Crippen LogP contribution in [0.5, 0.6) is 0 Å². The SMILES string of the molecule is C[C@@H]1CCC[C@@H](CC(=O)O[C@H]2CCS(=O)(=O)C2)C1. The van der Waals surface area contributed by atoms with E-state index in [0.717, 1.165) is 12.8 Å². The number of esters is 1. The van der Waals surface area contributed by atoms with Crippen LogP contribution in [0.4, 0.5) is 0 Å². The zero-order chi connectivity index (χ0) is 13.2. The molecule has 1 saturated heterocycles. The highest BCUT2D eigenvalue weighted by atomic mass is 32.2. The van der Waals surface area contributed by atoms with Crippen molar-refractivity contribution < 1.29 is 17.9 Å². The third-order valence-corrected chi connectivity index (χ3v) is 5.73. The Morgan fingerprint density at radius 2 is 2.06 bits per heavy atom. The molecule has 0 spiro atoms. The fraction of sp³-hybridized carbons (Fsp3) is 0.923. The molecule has 4 nitrogen and oxygen atoms in total. The van der Waals surface area contributed by atoms with Gasteiger partial charge in [-0.25, -0.2) is 8.42 Å². The predicted octanol–water partition coefficient (Wildman–Crippen LogP) is 1.93. The van der Waals surface area contributed by atoms with Crippen LogP contribution >= 0.6 is 0 Å². The lowest BCUT2D eigenvalue weighted by Crippen LogP contribution is -2.23. The van der Waals surface area contributed by atoms with Crippen LogP contribution in [-0.2, 0) is 19.4 Å². The summed E-state index contributed by atoms with van der Waals surface area (Å²) in [6, 6.07) is 0. The minimum absolute atomic E-state index is 0.0137. The number of sulfone groups is 1. The average Bonchev–Trinajstić information content (AvgIpc) is 2.57. The maximum Gasteiger partial charge on any atom is 0.306 e. The van der Waals surface area contributed by atoms with E-state index in [4.69, 9.17) is 4.74 Å². The van der Waals surface area contributed by atoms with Crippen LogP contribution in [0.2, 0.25) is 0 Å². The van der Waals surface area contributed by atoms with Gasteiger partial charge in [0.2, 0.25) is 0 Å². The van der Waals surface area contributed by atoms with Gasteiger partial charge in [-0.3, -0.25) is 4.79 Å². The van der Waals surface area contributed by atoms with Gasteiger partial charge in [0.25, 0.3) is 0 Å². The molecule has 2 fully saturated rings. The van der Waals surface area contributed by atoms with E-state index in [1.807, 2.05) is 0 Å². The van der Waals surface area contributed by atoms with E-state index in [-0.39, 0.29) is 17.5 Å². The third kappa shape index (κ3) is 3.97. The van der Waals surface area contributed by atoms with Crippen molar-refractivity contribution in [3.63, 3.8) is 0 Å². The van der Waals surface area contributed by atoms with Gasteiger partial charge >= 0.3 is 5.97 Å². The number of ether oxygens (including phenoxy) is 1. The quantitative estimate of drug-likeness (QED) is 0.738. The summed E-state index contributed by atoms with van der Waals surface area (Å²) < 4.78 is 27.8. The van der Waals surface area contributed by atoms with E-state index in [1.54, 1.807) is 0 Å².